The second-order valence-electron chi connectivity index (χ2n) is 6.23. The normalized spacial score (nSPS) is 14.0. The number of urea groups is 1. The van der Waals surface area contributed by atoms with Crippen LogP contribution in [0.4, 0.5) is 9.93 Å². The van der Waals surface area contributed by atoms with E-state index in [-0.39, 0.29) is 24.8 Å². The number of ether oxygens (including phenoxy) is 1. The Morgan fingerprint density at radius 2 is 2.07 bits per heavy atom. The fourth-order valence-corrected chi connectivity index (χ4v) is 3.26. The van der Waals surface area contributed by atoms with Crippen molar-refractivity contribution in [1.82, 2.24) is 20.0 Å². The van der Waals surface area contributed by atoms with Gasteiger partial charge in [0.15, 0.2) is 5.01 Å². The topological polar surface area (TPSA) is 105 Å². The Hall–Kier alpha value is -3.01. The van der Waals surface area contributed by atoms with Gasteiger partial charge in [-0.15, -0.1) is 10.2 Å². The molecule has 2 heterocycles. The first-order valence-corrected chi connectivity index (χ1v) is 9.03. The number of hydrogen-bond acceptors (Lipinski definition) is 7. The van der Waals surface area contributed by atoms with E-state index in [1.807, 2.05) is 32.0 Å². The van der Waals surface area contributed by atoms with E-state index in [2.05, 4.69) is 15.5 Å². The van der Waals surface area contributed by atoms with E-state index in [0.29, 0.717) is 5.01 Å². The maximum Gasteiger partial charge on any atom is 0.327 e. The molecule has 1 aromatic heterocycles. The van der Waals surface area contributed by atoms with Crippen molar-refractivity contribution < 1.29 is 19.1 Å². The third-order valence-corrected chi connectivity index (χ3v) is 4.74. The SMILES string of the molecule is Cc1ccc(OCc2nnc(NC(=O)CN3C(=O)CN(C)C3=O)s2)c(C)c1. The van der Waals surface area contributed by atoms with Crippen molar-refractivity contribution in [2.75, 3.05) is 25.5 Å². The minimum atomic E-state index is -0.509. The lowest BCUT2D eigenvalue weighted by Gasteiger charge is -2.12. The van der Waals surface area contributed by atoms with Gasteiger partial charge >= 0.3 is 6.03 Å². The van der Waals surface area contributed by atoms with Gasteiger partial charge in [0.2, 0.25) is 11.0 Å². The van der Waals surface area contributed by atoms with Crippen molar-refractivity contribution in [3.8, 4) is 5.75 Å². The predicted octanol–water partition coefficient (Wildman–Crippen LogP) is 1.57. The van der Waals surface area contributed by atoms with Crippen LogP contribution in [0.3, 0.4) is 0 Å². The molecule has 0 bridgehead atoms. The Kier molecular flexibility index (Phi) is 5.36. The van der Waals surface area contributed by atoms with E-state index in [1.54, 1.807) is 0 Å². The maximum absolute atomic E-state index is 12.1. The fraction of sp³-hybridized carbons (Fsp3) is 0.353. The molecule has 1 saturated heterocycles. The zero-order chi connectivity index (χ0) is 19.6. The lowest BCUT2D eigenvalue weighted by atomic mass is 10.1. The summed E-state index contributed by atoms with van der Waals surface area (Å²) in [6.07, 6.45) is 0. The smallest absolute Gasteiger partial charge is 0.327 e. The predicted molar refractivity (Wildman–Crippen MR) is 98.5 cm³/mol. The molecule has 10 heteroatoms. The number of benzene rings is 1. The van der Waals surface area contributed by atoms with Crippen LogP contribution in [0.15, 0.2) is 18.2 Å². The molecule has 142 valence electrons. The summed E-state index contributed by atoms with van der Waals surface area (Å²) in [5.74, 6) is -0.154. The Morgan fingerprint density at radius 3 is 2.74 bits per heavy atom. The zero-order valence-corrected chi connectivity index (χ0v) is 16.0. The number of nitrogens with one attached hydrogen (secondary N) is 1. The average Bonchev–Trinajstić information content (AvgIpc) is 3.14. The highest BCUT2D eigenvalue weighted by Crippen LogP contribution is 2.22. The standard InChI is InChI=1S/C17H19N5O4S/c1-10-4-5-12(11(2)6-10)26-9-14-19-20-16(27-14)18-13(23)7-22-15(24)8-21(3)17(22)25/h4-6H,7-9H2,1-3H3,(H,18,20,23). The minimum Gasteiger partial charge on any atom is -0.486 e. The molecule has 1 aliphatic heterocycles. The van der Waals surface area contributed by atoms with Crippen molar-refractivity contribution in [2.45, 2.75) is 20.5 Å². The highest BCUT2D eigenvalue weighted by molar-refractivity contribution is 7.15. The van der Waals surface area contributed by atoms with E-state index >= 15 is 0 Å². The second-order valence-corrected chi connectivity index (χ2v) is 7.29. The summed E-state index contributed by atoms with van der Waals surface area (Å²) in [4.78, 5) is 37.7. The summed E-state index contributed by atoms with van der Waals surface area (Å²) < 4.78 is 5.74. The van der Waals surface area contributed by atoms with Crippen molar-refractivity contribution in [3.63, 3.8) is 0 Å². The molecular formula is C17H19N5O4S. The number of aromatic nitrogens is 2. The van der Waals surface area contributed by atoms with Gasteiger partial charge in [0.1, 0.15) is 25.4 Å². The fourth-order valence-electron chi connectivity index (χ4n) is 2.59. The summed E-state index contributed by atoms with van der Waals surface area (Å²) >= 11 is 1.17. The second kappa shape index (κ2) is 7.70. The van der Waals surface area contributed by atoms with Crippen LogP contribution in [0.25, 0.3) is 0 Å². The first-order valence-electron chi connectivity index (χ1n) is 8.21. The molecule has 4 amide bonds. The first-order chi connectivity index (χ1) is 12.8. The molecule has 0 unspecified atom stereocenters. The Labute approximate surface area is 159 Å². The van der Waals surface area contributed by atoms with E-state index in [0.717, 1.165) is 21.8 Å². The molecule has 1 N–H and O–H groups in total. The Morgan fingerprint density at radius 1 is 1.30 bits per heavy atom. The van der Waals surface area contributed by atoms with Gasteiger partial charge in [-0.25, -0.2) is 4.79 Å². The Bertz CT molecular complexity index is 897. The summed E-state index contributed by atoms with van der Waals surface area (Å²) in [5.41, 5.74) is 2.18. The van der Waals surface area contributed by atoms with Gasteiger partial charge in [-0.3, -0.25) is 19.8 Å². The molecule has 1 aliphatic rings. The molecule has 0 aliphatic carbocycles. The van der Waals surface area contributed by atoms with E-state index in [1.165, 1.54) is 23.3 Å². The van der Waals surface area contributed by atoms with Crippen LogP contribution in [0.2, 0.25) is 0 Å². The van der Waals surface area contributed by atoms with Crippen LogP contribution in [-0.4, -0.2) is 58.0 Å². The van der Waals surface area contributed by atoms with Crippen LogP contribution in [0, 0.1) is 13.8 Å². The molecule has 9 nitrogen and oxygen atoms in total. The van der Waals surface area contributed by atoms with Crippen molar-refractivity contribution >= 4 is 34.3 Å². The van der Waals surface area contributed by atoms with Gasteiger partial charge in [0.25, 0.3) is 5.91 Å². The molecule has 1 aromatic carbocycles. The zero-order valence-electron chi connectivity index (χ0n) is 15.2. The van der Waals surface area contributed by atoms with Crippen molar-refractivity contribution in [3.05, 3.63) is 34.3 Å². The maximum atomic E-state index is 12.1. The number of hydrogen-bond donors (Lipinski definition) is 1. The highest BCUT2D eigenvalue weighted by atomic mass is 32.1. The summed E-state index contributed by atoms with van der Waals surface area (Å²) in [5, 5.41) is 11.3. The number of anilines is 1. The lowest BCUT2D eigenvalue weighted by Crippen LogP contribution is -2.38. The number of nitrogens with zero attached hydrogens (tertiary/aromatic N) is 4. The first kappa shape index (κ1) is 18.8. The molecule has 0 saturated carbocycles. The van der Waals surface area contributed by atoms with Gasteiger partial charge in [0, 0.05) is 7.05 Å². The minimum absolute atomic E-state index is 0.0230. The molecule has 0 spiro atoms. The van der Waals surface area contributed by atoms with Gasteiger partial charge in [-0.1, -0.05) is 29.0 Å². The van der Waals surface area contributed by atoms with Gasteiger partial charge in [-0.05, 0) is 25.5 Å². The molecule has 2 aromatic rings. The van der Waals surface area contributed by atoms with Gasteiger partial charge < -0.3 is 9.64 Å². The molecule has 3 rings (SSSR count). The third-order valence-electron chi connectivity index (χ3n) is 3.93. The Balaban J connectivity index is 1.54. The summed E-state index contributed by atoms with van der Waals surface area (Å²) in [6.45, 7) is 3.83. The largest absolute Gasteiger partial charge is 0.486 e. The average molecular weight is 389 g/mol. The quantitative estimate of drug-likeness (QED) is 0.752. The molecule has 27 heavy (non-hydrogen) atoms. The van der Waals surface area contributed by atoms with E-state index in [4.69, 9.17) is 4.74 Å². The third kappa shape index (κ3) is 4.40. The van der Waals surface area contributed by atoms with E-state index < -0.39 is 17.8 Å². The van der Waals surface area contributed by atoms with Gasteiger partial charge in [0.05, 0.1) is 0 Å². The van der Waals surface area contributed by atoms with Crippen molar-refractivity contribution in [1.29, 1.82) is 0 Å². The molecule has 0 radical (unpaired) electrons. The number of carbonyl (C=O) groups excluding carboxylic acids is 3. The molecular weight excluding hydrogens is 370 g/mol. The lowest BCUT2D eigenvalue weighted by molar-refractivity contribution is -0.129. The van der Waals surface area contributed by atoms with Crippen LogP contribution < -0.4 is 10.1 Å². The summed E-state index contributed by atoms with van der Waals surface area (Å²) in [7, 11) is 1.50. The number of imide groups is 1. The number of carbonyl (C=O) groups is 3. The molecule has 1 fully saturated rings. The number of aryl methyl sites for hydroxylation is 2. The summed E-state index contributed by atoms with van der Waals surface area (Å²) in [6, 6.07) is 5.40. The molecule has 0 atom stereocenters. The van der Waals surface area contributed by atoms with Gasteiger partial charge in [-0.2, -0.15) is 0 Å². The van der Waals surface area contributed by atoms with Crippen molar-refractivity contribution in [2.24, 2.45) is 0 Å². The number of likely N-dealkylation sites (N-methyl/N-ethyl adjacent to an activating group) is 1. The highest BCUT2D eigenvalue weighted by Gasteiger charge is 2.34. The monoisotopic (exact) mass is 389 g/mol. The van der Waals surface area contributed by atoms with Crippen LogP contribution in [0.1, 0.15) is 16.1 Å². The van der Waals surface area contributed by atoms with Crippen LogP contribution in [0.5, 0.6) is 5.75 Å². The van der Waals surface area contributed by atoms with E-state index in [9.17, 15) is 14.4 Å². The van der Waals surface area contributed by atoms with Crippen LogP contribution in [-0.2, 0) is 16.2 Å². The number of rotatable bonds is 6. The van der Waals surface area contributed by atoms with Crippen LogP contribution >= 0.6 is 11.3 Å². The number of amides is 4.